The molecule has 0 saturated carbocycles. The third-order valence-corrected chi connectivity index (χ3v) is 13.3. The first-order chi connectivity index (χ1) is 29.0. The number of aromatic nitrogens is 3. The summed E-state index contributed by atoms with van der Waals surface area (Å²) < 4.78 is 9.05. The Morgan fingerprint density at radius 1 is 0.407 bits per heavy atom. The van der Waals surface area contributed by atoms with Crippen LogP contribution in [0.2, 0.25) is 0 Å². The number of hydrogen-bond donors (Lipinski definition) is 0. The predicted molar refractivity (Wildman–Crippen MR) is 245 cm³/mol. The van der Waals surface area contributed by atoms with Crippen molar-refractivity contribution in [2.75, 3.05) is 0 Å². The minimum Gasteiger partial charge on any atom is -0.456 e. The molecule has 0 unspecified atom stereocenters. The predicted octanol–water partition coefficient (Wildman–Crippen LogP) is 14.8. The van der Waals surface area contributed by atoms with E-state index in [0.29, 0.717) is 17.5 Å². The fraction of sp³-hybridized carbons (Fsp3) is 0.0556. The monoisotopic (exact) mass is 773 g/mol. The van der Waals surface area contributed by atoms with E-state index in [2.05, 4.69) is 172 Å². The summed E-state index contributed by atoms with van der Waals surface area (Å²) in [5.41, 5.74) is 14.3. The van der Waals surface area contributed by atoms with Gasteiger partial charge in [0.2, 0.25) is 0 Å². The van der Waals surface area contributed by atoms with E-state index in [4.69, 9.17) is 19.4 Å². The molecule has 1 aliphatic carbocycles. The maximum atomic E-state index is 6.58. The highest BCUT2D eigenvalue weighted by atomic mass is 32.1. The van der Waals surface area contributed by atoms with Gasteiger partial charge in [-0.3, -0.25) is 0 Å². The van der Waals surface area contributed by atoms with Gasteiger partial charge in [0.1, 0.15) is 11.2 Å². The molecule has 0 aliphatic heterocycles. The molecule has 0 N–H and O–H groups in total. The molecule has 12 rings (SSSR count). The van der Waals surface area contributed by atoms with Crippen molar-refractivity contribution in [3.63, 3.8) is 0 Å². The molecule has 0 atom stereocenters. The molecule has 8 aromatic carbocycles. The zero-order chi connectivity index (χ0) is 39.2. The zero-order valence-corrected chi connectivity index (χ0v) is 33.2. The van der Waals surface area contributed by atoms with Crippen molar-refractivity contribution >= 4 is 53.4 Å². The van der Waals surface area contributed by atoms with Gasteiger partial charge in [-0.05, 0) is 74.8 Å². The van der Waals surface area contributed by atoms with Crippen LogP contribution in [0.15, 0.2) is 180 Å². The van der Waals surface area contributed by atoms with Crippen LogP contribution in [0.5, 0.6) is 0 Å². The standard InChI is InChI=1S/C54H35N3OS/c1-54(2)44-19-8-6-14-38(44)41-17-10-16-37(50(41)54)35-27-29-45-43(30-35)49-42(18-11-20-46(49)58-45)53-56-51(34-24-22-33(23-25-34)32-12-4-3-5-13-32)55-52(57-53)36-26-28-40-39-15-7-9-21-47(39)59-48(40)31-36/h3-31H,1-2H3. The topological polar surface area (TPSA) is 51.8 Å². The highest BCUT2D eigenvalue weighted by Gasteiger charge is 2.37. The van der Waals surface area contributed by atoms with E-state index < -0.39 is 0 Å². The molecule has 0 radical (unpaired) electrons. The van der Waals surface area contributed by atoms with Crippen LogP contribution in [0.4, 0.5) is 0 Å². The Morgan fingerprint density at radius 2 is 1.03 bits per heavy atom. The van der Waals surface area contributed by atoms with Crippen molar-refractivity contribution in [2.24, 2.45) is 0 Å². The van der Waals surface area contributed by atoms with Crippen molar-refractivity contribution in [3.05, 3.63) is 187 Å². The Balaban J connectivity index is 1.05. The Bertz CT molecular complexity index is 3470. The van der Waals surface area contributed by atoms with E-state index in [1.807, 2.05) is 18.2 Å². The number of thiophene rings is 1. The number of benzene rings is 8. The average molecular weight is 774 g/mol. The summed E-state index contributed by atoms with van der Waals surface area (Å²) in [4.78, 5) is 15.7. The van der Waals surface area contributed by atoms with Gasteiger partial charge in [0.15, 0.2) is 17.5 Å². The molecule has 11 aromatic rings. The van der Waals surface area contributed by atoms with Crippen LogP contribution < -0.4 is 0 Å². The molecule has 0 fully saturated rings. The lowest BCUT2D eigenvalue weighted by atomic mass is 9.79. The minimum absolute atomic E-state index is 0.142. The second-order valence-electron chi connectivity index (χ2n) is 15.9. The van der Waals surface area contributed by atoms with Crippen molar-refractivity contribution < 1.29 is 4.42 Å². The van der Waals surface area contributed by atoms with Gasteiger partial charge in [-0.2, -0.15) is 0 Å². The molecule has 0 bridgehead atoms. The number of rotatable bonds is 5. The van der Waals surface area contributed by atoms with Crippen molar-refractivity contribution in [3.8, 4) is 67.5 Å². The lowest BCUT2D eigenvalue weighted by Gasteiger charge is -2.24. The van der Waals surface area contributed by atoms with E-state index in [0.717, 1.165) is 49.8 Å². The Kier molecular flexibility index (Phi) is 7.41. The van der Waals surface area contributed by atoms with E-state index in [1.165, 1.54) is 53.6 Å². The Morgan fingerprint density at radius 3 is 1.92 bits per heavy atom. The normalized spacial score (nSPS) is 13.1. The molecule has 5 heteroatoms. The maximum absolute atomic E-state index is 6.58. The third kappa shape index (κ3) is 5.32. The number of nitrogens with zero attached hydrogens (tertiary/aromatic N) is 3. The quantitative estimate of drug-likeness (QED) is 0.175. The lowest BCUT2D eigenvalue weighted by molar-refractivity contribution is 0.662. The Hall–Kier alpha value is -7.21. The SMILES string of the molecule is CC1(C)c2ccccc2-c2cccc(-c3ccc4oc5cccc(-c6nc(-c7ccc(-c8ccccc8)cc7)nc(-c7ccc8c(c7)sc7ccccc78)n6)c5c4c3)c21. The minimum atomic E-state index is -0.142. The molecule has 3 heterocycles. The summed E-state index contributed by atoms with van der Waals surface area (Å²) in [6, 6.07) is 62.4. The van der Waals surface area contributed by atoms with Gasteiger partial charge in [0.25, 0.3) is 0 Å². The van der Waals surface area contributed by atoms with E-state index in [1.54, 1.807) is 11.3 Å². The van der Waals surface area contributed by atoms with Crippen LogP contribution in [-0.2, 0) is 5.41 Å². The lowest BCUT2D eigenvalue weighted by Crippen LogP contribution is -2.16. The van der Waals surface area contributed by atoms with E-state index in [9.17, 15) is 0 Å². The van der Waals surface area contributed by atoms with Gasteiger partial charge < -0.3 is 4.42 Å². The second-order valence-corrected chi connectivity index (χ2v) is 17.0. The molecule has 0 amide bonds. The van der Waals surface area contributed by atoms with Gasteiger partial charge in [-0.25, -0.2) is 15.0 Å². The van der Waals surface area contributed by atoms with Crippen molar-refractivity contribution in [1.82, 2.24) is 15.0 Å². The van der Waals surface area contributed by atoms with Crippen LogP contribution >= 0.6 is 11.3 Å². The third-order valence-electron chi connectivity index (χ3n) is 12.1. The summed E-state index contributed by atoms with van der Waals surface area (Å²) in [7, 11) is 0. The zero-order valence-electron chi connectivity index (χ0n) is 32.4. The highest BCUT2D eigenvalue weighted by Crippen LogP contribution is 2.52. The van der Waals surface area contributed by atoms with Gasteiger partial charge in [-0.1, -0.05) is 159 Å². The van der Waals surface area contributed by atoms with Crippen molar-refractivity contribution in [2.45, 2.75) is 19.3 Å². The van der Waals surface area contributed by atoms with Gasteiger partial charge in [0.05, 0.1) is 0 Å². The molecule has 4 nitrogen and oxygen atoms in total. The van der Waals surface area contributed by atoms with Crippen LogP contribution in [0.3, 0.4) is 0 Å². The summed E-state index contributed by atoms with van der Waals surface area (Å²) in [5.74, 6) is 1.85. The van der Waals surface area contributed by atoms with E-state index in [-0.39, 0.29) is 5.41 Å². The summed E-state index contributed by atoms with van der Waals surface area (Å²) in [5, 5.41) is 4.52. The van der Waals surface area contributed by atoms with E-state index >= 15 is 0 Å². The largest absolute Gasteiger partial charge is 0.456 e. The maximum Gasteiger partial charge on any atom is 0.164 e. The fourth-order valence-electron chi connectivity index (χ4n) is 9.33. The molecule has 0 saturated heterocycles. The highest BCUT2D eigenvalue weighted by molar-refractivity contribution is 7.25. The smallest absolute Gasteiger partial charge is 0.164 e. The molecule has 1 aliphatic rings. The summed E-state index contributed by atoms with van der Waals surface area (Å²) >= 11 is 1.80. The summed E-state index contributed by atoms with van der Waals surface area (Å²) in [6.07, 6.45) is 0. The molecule has 59 heavy (non-hydrogen) atoms. The van der Waals surface area contributed by atoms with Crippen LogP contribution in [-0.4, -0.2) is 15.0 Å². The van der Waals surface area contributed by atoms with Crippen LogP contribution in [0.25, 0.3) is 110 Å². The van der Waals surface area contributed by atoms with Gasteiger partial charge in [0, 0.05) is 53.1 Å². The first-order valence-corrected chi connectivity index (χ1v) is 20.8. The van der Waals surface area contributed by atoms with Gasteiger partial charge >= 0.3 is 0 Å². The van der Waals surface area contributed by atoms with Crippen molar-refractivity contribution in [1.29, 1.82) is 0 Å². The second kappa shape index (κ2) is 12.9. The molecule has 278 valence electrons. The first-order valence-electron chi connectivity index (χ1n) is 20.0. The average Bonchev–Trinajstić information content (AvgIpc) is 3.93. The fourth-order valence-corrected chi connectivity index (χ4v) is 10.5. The molecule has 3 aromatic heterocycles. The molecular formula is C54H35N3OS. The Labute approximate surface area is 345 Å². The number of furan rings is 1. The van der Waals surface area contributed by atoms with Crippen LogP contribution in [0.1, 0.15) is 25.0 Å². The first kappa shape index (κ1) is 33.9. The molecule has 0 spiro atoms. The van der Waals surface area contributed by atoms with Crippen LogP contribution in [0, 0.1) is 0 Å². The number of hydrogen-bond acceptors (Lipinski definition) is 5. The molecular weight excluding hydrogens is 739 g/mol. The van der Waals surface area contributed by atoms with Gasteiger partial charge in [-0.15, -0.1) is 11.3 Å². The summed E-state index contributed by atoms with van der Waals surface area (Å²) in [6.45, 7) is 4.68. The number of fused-ring (bicyclic) bond motifs is 9.